The molecule has 0 bridgehead atoms. The summed E-state index contributed by atoms with van der Waals surface area (Å²) in [5.74, 6) is 1.62. The highest BCUT2D eigenvalue weighted by Crippen LogP contribution is 2.35. The number of carbonyl (C=O) groups is 1. The van der Waals surface area contributed by atoms with Crippen LogP contribution < -0.4 is 10.2 Å². The van der Waals surface area contributed by atoms with E-state index < -0.39 is 0 Å². The van der Waals surface area contributed by atoms with Crippen LogP contribution in [0.15, 0.2) is 42.5 Å². The number of benzene rings is 1. The van der Waals surface area contributed by atoms with Gasteiger partial charge in [0.1, 0.15) is 0 Å². The summed E-state index contributed by atoms with van der Waals surface area (Å²) in [4.78, 5) is 14.5. The fourth-order valence-corrected chi connectivity index (χ4v) is 3.67. The molecule has 1 amide bonds. The van der Waals surface area contributed by atoms with Crippen LogP contribution in [0.1, 0.15) is 16.1 Å². The summed E-state index contributed by atoms with van der Waals surface area (Å²) in [6.45, 7) is 5.02. The number of hydrogen-bond acceptors (Lipinski definition) is 5. The average molecular weight is 338 g/mol. The molecule has 1 aromatic carbocycles. The minimum absolute atomic E-state index is 0.0247. The standard InChI is InChI=1S/C19H22N4O2/c1-13-7-8-18(22-21-13)23-10-16-15(12-25-17(16)11-23)9-20-19(24)14-5-3-2-4-6-14/h2-8,15-17H,9-12H2,1H3,(H,20,24)/t15-,16-,17-/m0/s1. The first-order valence-corrected chi connectivity index (χ1v) is 8.71. The second kappa shape index (κ2) is 6.80. The van der Waals surface area contributed by atoms with E-state index in [-0.39, 0.29) is 12.0 Å². The Morgan fingerprint density at radius 3 is 2.80 bits per heavy atom. The maximum absolute atomic E-state index is 12.2. The lowest BCUT2D eigenvalue weighted by Gasteiger charge is -2.20. The summed E-state index contributed by atoms with van der Waals surface area (Å²) < 4.78 is 5.96. The van der Waals surface area contributed by atoms with E-state index in [9.17, 15) is 4.79 Å². The van der Waals surface area contributed by atoms with Gasteiger partial charge in [0, 0.05) is 37.0 Å². The number of aromatic nitrogens is 2. The Hall–Kier alpha value is -2.47. The zero-order valence-electron chi connectivity index (χ0n) is 14.3. The summed E-state index contributed by atoms with van der Waals surface area (Å²) >= 11 is 0. The van der Waals surface area contributed by atoms with Gasteiger partial charge in [-0.25, -0.2) is 0 Å². The highest BCUT2D eigenvalue weighted by molar-refractivity contribution is 5.94. The van der Waals surface area contributed by atoms with Gasteiger partial charge in [-0.05, 0) is 31.2 Å². The van der Waals surface area contributed by atoms with Crippen LogP contribution in [0.25, 0.3) is 0 Å². The second-order valence-electron chi connectivity index (χ2n) is 6.81. The van der Waals surface area contributed by atoms with Gasteiger partial charge in [-0.3, -0.25) is 4.79 Å². The number of nitrogens with one attached hydrogen (secondary N) is 1. The quantitative estimate of drug-likeness (QED) is 0.918. The third kappa shape index (κ3) is 3.35. The molecule has 0 radical (unpaired) electrons. The van der Waals surface area contributed by atoms with Crippen LogP contribution in [0.5, 0.6) is 0 Å². The molecule has 2 fully saturated rings. The van der Waals surface area contributed by atoms with Crippen LogP contribution in [0.2, 0.25) is 0 Å². The number of ether oxygens (including phenoxy) is 1. The first-order valence-electron chi connectivity index (χ1n) is 8.71. The van der Waals surface area contributed by atoms with Gasteiger partial charge < -0.3 is 15.0 Å². The van der Waals surface area contributed by atoms with Gasteiger partial charge in [-0.2, -0.15) is 5.10 Å². The number of hydrogen-bond donors (Lipinski definition) is 1. The Bertz CT molecular complexity index is 735. The first kappa shape index (κ1) is 16.0. The summed E-state index contributed by atoms with van der Waals surface area (Å²) in [5, 5.41) is 11.5. The zero-order chi connectivity index (χ0) is 17.2. The third-order valence-electron chi connectivity index (χ3n) is 5.11. The minimum Gasteiger partial charge on any atom is -0.376 e. The largest absolute Gasteiger partial charge is 0.376 e. The third-order valence-corrected chi connectivity index (χ3v) is 5.11. The Kier molecular flexibility index (Phi) is 4.36. The lowest BCUT2D eigenvalue weighted by atomic mass is 9.93. The van der Waals surface area contributed by atoms with Crippen LogP contribution in [-0.2, 0) is 4.74 Å². The molecule has 6 nitrogen and oxygen atoms in total. The predicted octanol–water partition coefficient (Wildman–Crippen LogP) is 1.67. The Morgan fingerprint density at radius 1 is 1.20 bits per heavy atom. The molecule has 2 aliphatic rings. The van der Waals surface area contributed by atoms with Crippen LogP contribution >= 0.6 is 0 Å². The summed E-state index contributed by atoms with van der Waals surface area (Å²) in [5.41, 5.74) is 1.61. The van der Waals surface area contributed by atoms with Gasteiger partial charge in [0.25, 0.3) is 5.91 Å². The number of rotatable bonds is 4. The van der Waals surface area contributed by atoms with E-state index >= 15 is 0 Å². The molecule has 3 atom stereocenters. The molecular formula is C19H22N4O2. The number of aryl methyl sites for hydroxylation is 1. The van der Waals surface area contributed by atoms with Crippen LogP contribution in [-0.4, -0.2) is 48.4 Å². The Morgan fingerprint density at radius 2 is 2.04 bits per heavy atom. The van der Waals surface area contributed by atoms with E-state index in [0.717, 1.165) is 24.6 Å². The number of anilines is 1. The highest BCUT2D eigenvalue weighted by Gasteiger charge is 2.44. The molecule has 0 saturated carbocycles. The molecule has 0 unspecified atom stereocenters. The molecule has 0 spiro atoms. The molecule has 25 heavy (non-hydrogen) atoms. The maximum atomic E-state index is 12.2. The van der Waals surface area contributed by atoms with Gasteiger partial charge >= 0.3 is 0 Å². The lowest BCUT2D eigenvalue weighted by molar-refractivity contribution is 0.0940. The van der Waals surface area contributed by atoms with Crippen LogP contribution in [0, 0.1) is 18.8 Å². The predicted molar refractivity (Wildman–Crippen MR) is 94.5 cm³/mol. The van der Waals surface area contributed by atoms with Crippen molar-refractivity contribution in [3.05, 3.63) is 53.7 Å². The van der Waals surface area contributed by atoms with Crippen molar-refractivity contribution in [2.45, 2.75) is 13.0 Å². The molecule has 2 aliphatic heterocycles. The molecular weight excluding hydrogens is 316 g/mol. The van der Waals surface area contributed by atoms with Crippen molar-refractivity contribution in [3.8, 4) is 0 Å². The molecule has 1 N–H and O–H groups in total. The van der Waals surface area contributed by atoms with Crippen molar-refractivity contribution in [2.75, 3.05) is 31.1 Å². The van der Waals surface area contributed by atoms with Gasteiger partial charge in [-0.1, -0.05) is 18.2 Å². The summed E-state index contributed by atoms with van der Waals surface area (Å²) in [7, 11) is 0. The number of amides is 1. The van der Waals surface area contributed by atoms with E-state index in [1.54, 1.807) is 0 Å². The topological polar surface area (TPSA) is 67.4 Å². The average Bonchev–Trinajstić information content (AvgIpc) is 3.22. The molecule has 1 aromatic heterocycles. The smallest absolute Gasteiger partial charge is 0.251 e. The van der Waals surface area contributed by atoms with Crippen molar-refractivity contribution >= 4 is 11.7 Å². The highest BCUT2D eigenvalue weighted by atomic mass is 16.5. The van der Waals surface area contributed by atoms with Gasteiger partial charge in [0.05, 0.1) is 18.4 Å². The maximum Gasteiger partial charge on any atom is 0.251 e. The summed E-state index contributed by atoms with van der Waals surface area (Å²) in [6, 6.07) is 13.3. The van der Waals surface area contributed by atoms with E-state index in [1.165, 1.54) is 0 Å². The van der Waals surface area contributed by atoms with Gasteiger partial charge in [0.15, 0.2) is 5.82 Å². The van der Waals surface area contributed by atoms with Gasteiger partial charge in [-0.15, -0.1) is 5.10 Å². The first-order chi connectivity index (χ1) is 12.2. The SMILES string of the molecule is Cc1ccc(N2C[C@H]3[C@@H](CNC(=O)c4ccccc4)CO[C@H]3C2)nn1. The second-order valence-corrected chi connectivity index (χ2v) is 6.81. The molecule has 2 aromatic rings. The van der Waals surface area contributed by atoms with Crippen molar-refractivity contribution in [2.24, 2.45) is 11.8 Å². The van der Waals surface area contributed by atoms with Crippen molar-refractivity contribution in [1.82, 2.24) is 15.5 Å². The molecule has 130 valence electrons. The lowest BCUT2D eigenvalue weighted by Crippen LogP contribution is -2.34. The van der Waals surface area contributed by atoms with Crippen LogP contribution in [0.3, 0.4) is 0 Å². The molecule has 4 rings (SSSR count). The van der Waals surface area contributed by atoms with E-state index in [2.05, 4.69) is 20.4 Å². The molecule has 2 saturated heterocycles. The summed E-state index contributed by atoms with van der Waals surface area (Å²) in [6.07, 6.45) is 0.210. The van der Waals surface area contributed by atoms with E-state index in [0.29, 0.717) is 30.6 Å². The van der Waals surface area contributed by atoms with Gasteiger partial charge in [0.2, 0.25) is 0 Å². The number of fused-ring (bicyclic) bond motifs is 1. The molecule has 6 heteroatoms. The fraction of sp³-hybridized carbons (Fsp3) is 0.421. The number of carbonyl (C=O) groups excluding carboxylic acids is 1. The molecule has 3 heterocycles. The van der Waals surface area contributed by atoms with Crippen molar-refractivity contribution < 1.29 is 9.53 Å². The van der Waals surface area contributed by atoms with E-state index in [4.69, 9.17) is 4.74 Å². The fourth-order valence-electron chi connectivity index (χ4n) is 3.67. The Labute approximate surface area is 147 Å². The molecule has 0 aliphatic carbocycles. The van der Waals surface area contributed by atoms with Crippen molar-refractivity contribution in [3.63, 3.8) is 0 Å². The normalized spacial score (nSPS) is 25.0. The monoisotopic (exact) mass is 338 g/mol. The number of nitrogens with zero attached hydrogens (tertiary/aromatic N) is 3. The van der Waals surface area contributed by atoms with Crippen LogP contribution in [0.4, 0.5) is 5.82 Å². The Balaban J connectivity index is 1.35. The van der Waals surface area contributed by atoms with E-state index in [1.807, 2.05) is 49.4 Å². The zero-order valence-corrected chi connectivity index (χ0v) is 14.3. The minimum atomic E-state index is -0.0247. The van der Waals surface area contributed by atoms with Crippen molar-refractivity contribution in [1.29, 1.82) is 0 Å².